The number of piperidine rings is 1. The van der Waals surface area contributed by atoms with Crippen molar-refractivity contribution < 1.29 is 14.3 Å². The summed E-state index contributed by atoms with van der Waals surface area (Å²) in [6.45, 7) is 5.17. The molecule has 0 spiro atoms. The minimum absolute atomic E-state index is 0.0123. The van der Waals surface area contributed by atoms with Crippen LogP contribution in [0.15, 0.2) is 41.2 Å². The smallest absolute Gasteiger partial charge is 0.260 e. The van der Waals surface area contributed by atoms with Gasteiger partial charge >= 0.3 is 0 Å². The zero-order valence-electron chi connectivity index (χ0n) is 16.1. The molecule has 1 fully saturated rings. The number of aryl methyl sites for hydroxylation is 2. The van der Waals surface area contributed by atoms with Gasteiger partial charge in [0.1, 0.15) is 17.6 Å². The summed E-state index contributed by atoms with van der Waals surface area (Å²) < 4.78 is 13.1. The van der Waals surface area contributed by atoms with E-state index < -0.39 is 0 Å². The van der Waals surface area contributed by atoms with Crippen molar-refractivity contribution in [1.29, 1.82) is 0 Å². The average Bonchev–Trinajstić information content (AvgIpc) is 2.65. The first-order valence-corrected chi connectivity index (χ1v) is 9.24. The van der Waals surface area contributed by atoms with E-state index in [9.17, 15) is 9.59 Å². The van der Waals surface area contributed by atoms with Crippen molar-refractivity contribution in [3.05, 3.63) is 58.0 Å². The van der Waals surface area contributed by atoms with E-state index in [1.165, 1.54) is 6.07 Å². The zero-order chi connectivity index (χ0) is 19.4. The minimum atomic E-state index is -0.0779. The van der Waals surface area contributed by atoms with Gasteiger partial charge < -0.3 is 18.9 Å². The molecule has 0 atom stereocenters. The summed E-state index contributed by atoms with van der Waals surface area (Å²) in [6.07, 6.45) is 1.49. The zero-order valence-corrected chi connectivity index (χ0v) is 16.1. The van der Waals surface area contributed by atoms with E-state index in [1.54, 1.807) is 11.6 Å². The second kappa shape index (κ2) is 8.29. The molecule has 0 bridgehead atoms. The third kappa shape index (κ3) is 4.90. The molecule has 2 heterocycles. The fourth-order valence-electron chi connectivity index (χ4n) is 3.16. The molecule has 1 aromatic carbocycles. The highest BCUT2D eigenvalue weighted by molar-refractivity contribution is 5.77. The predicted octanol–water partition coefficient (Wildman–Crippen LogP) is 2.45. The lowest BCUT2D eigenvalue weighted by molar-refractivity contribution is -0.135. The normalized spacial score (nSPS) is 14.9. The highest BCUT2D eigenvalue weighted by Crippen LogP contribution is 2.19. The monoisotopic (exact) mass is 370 g/mol. The maximum Gasteiger partial charge on any atom is 0.260 e. The van der Waals surface area contributed by atoms with Crippen molar-refractivity contribution in [2.75, 3.05) is 19.7 Å². The first-order valence-electron chi connectivity index (χ1n) is 9.24. The van der Waals surface area contributed by atoms with Crippen molar-refractivity contribution in [3.63, 3.8) is 0 Å². The maximum absolute atomic E-state index is 12.4. The molecule has 0 unspecified atom stereocenters. The summed E-state index contributed by atoms with van der Waals surface area (Å²) in [5.41, 5.74) is 1.88. The Labute approximate surface area is 159 Å². The van der Waals surface area contributed by atoms with E-state index in [0.717, 1.165) is 24.1 Å². The lowest BCUT2D eigenvalue weighted by Gasteiger charge is -2.32. The number of ether oxygens (including phenoxy) is 2. The minimum Gasteiger partial charge on any atom is -0.490 e. The number of hydrogen-bond donors (Lipinski definition) is 0. The van der Waals surface area contributed by atoms with Gasteiger partial charge in [-0.2, -0.15) is 0 Å². The van der Waals surface area contributed by atoms with Crippen LogP contribution >= 0.6 is 0 Å². The van der Waals surface area contributed by atoms with Crippen LogP contribution in [0.2, 0.25) is 0 Å². The number of carbonyl (C=O) groups excluding carboxylic acids is 1. The van der Waals surface area contributed by atoms with Gasteiger partial charge in [0.15, 0.2) is 6.61 Å². The van der Waals surface area contributed by atoms with Gasteiger partial charge in [-0.3, -0.25) is 9.59 Å². The van der Waals surface area contributed by atoms with Gasteiger partial charge in [0, 0.05) is 44.7 Å². The van der Waals surface area contributed by atoms with Crippen LogP contribution in [0.25, 0.3) is 0 Å². The number of pyridine rings is 1. The highest BCUT2D eigenvalue weighted by Gasteiger charge is 2.24. The lowest BCUT2D eigenvalue weighted by Crippen LogP contribution is -2.43. The Morgan fingerprint density at radius 2 is 1.85 bits per heavy atom. The molecule has 144 valence electrons. The third-order valence-electron chi connectivity index (χ3n) is 4.93. The number of rotatable bonds is 5. The number of aromatic nitrogens is 1. The predicted molar refractivity (Wildman–Crippen MR) is 103 cm³/mol. The van der Waals surface area contributed by atoms with Crippen LogP contribution in [0.4, 0.5) is 0 Å². The Bertz CT molecular complexity index is 867. The molecular formula is C21H26N2O4. The third-order valence-corrected chi connectivity index (χ3v) is 4.93. The largest absolute Gasteiger partial charge is 0.490 e. The molecule has 1 aliphatic heterocycles. The van der Waals surface area contributed by atoms with Crippen LogP contribution in [0, 0.1) is 13.8 Å². The number of hydrogen-bond acceptors (Lipinski definition) is 4. The molecule has 1 amide bonds. The summed E-state index contributed by atoms with van der Waals surface area (Å²) in [7, 11) is 1.74. The molecule has 2 aromatic rings. The Kier molecular flexibility index (Phi) is 5.84. The molecule has 0 N–H and O–H groups in total. The molecule has 0 saturated carbocycles. The number of carbonyl (C=O) groups is 1. The van der Waals surface area contributed by atoms with Crippen LogP contribution in [-0.2, 0) is 11.8 Å². The van der Waals surface area contributed by atoms with Crippen LogP contribution in [0.1, 0.15) is 24.1 Å². The molecule has 0 aliphatic carbocycles. The van der Waals surface area contributed by atoms with Crippen LogP contribution < -0.4 is 15.0 Å². The molecule has 27 heavy (non-hydrogen) atoms. The van der Waals surface area contributed by atoms with Crippen LogP contribution in [0.5, 0.6) is 11.5 Å². The first kappa shape index (κ1) is 19.0. The molecule has 1 saturated heterocycles. The SMILES string of the molecule is Cc1cccc(OCC(=O)N2CCC(Oc3cc(C)n(C)c(=O)c3)CC2)c1. The summed E-state index contributed by atoms with van der Waals surface area (Å²) in [4.78, 5) is 26.0. The van der Waals surface area contributed by atoms with Gasteiger partial charge in [0.05, 0.1) is 0 Å². The van der Waals surface area contributed by atoms with E-state index >= 15 is 0 Å². The van der Waals surface area contributed by atoms with Crippen molar-refractivity contribution in [2.45, 2.75) is 32.8 Å². The first-order chi connectivity index (χ1) is 12.9. The van der Waals surface area contributed by atoms with Crippen molar-refractivity contribution in [1.82, 2.24) is 9.47 Å². The van der Waals surface area contributed by atoms with Gasteiger partial charge in [0.25, 0.3) is 11.5 Å². The number of amides is 1. The van der Waals surface area contributed by atoms with E-state index in [-0.39, 0.29) is 24.2 Å². The fourth-order valence-corrected chi connectivity index (χ4v) is 3.16. The number of likely N-dealkylation sites (tertiary alicyclic amines) is 1. The second-order valence-corrected chi connectivity index (χ2v) is 7.03. The van der Waals surface area contributed by atoms with Crippen LogP contribution in [-0.4, -0.2) is 41.2 Å². The summed E-state index contributed by atoms with van der Waals surface area (Å²) in [5, 5.41) is 0. The Morgan fingerprint density at radius 1 is 1.11 bits per heavy atom. The molecule has 3 rings (SSSR count). The summed E-state index contributed by atoms with van der Waals surface area (Å²) in [6, 6.07) is 11.1. The van der Waals surface area contributed by atoms with Crippen molar-refractivity contribution in [3.8, 4) is 11.5 Å². The van der Waals surface area contributed by atoms with Gasteiger partial charge in [0.2, 0.25) is 0 Å². The topological polar surface area (TPSA) is 60.8 Å². The van der Waals surface area contributed by atoms with Crippen molar-refractivity contribution >= 4 is 5.91 Å². The van der Waals surface area contributed by atoms with Gasteiger partial charge in [-0.25, -0.2) is 0 Å². The molecule has 6 heteroatoms. The Hall–Kier alpha value is -2.76. The average molecular weight is 370 g/mol. The van der Waals surface area contributed by atoms with Gasteiger partial charge in [-0.15, -0.1) is 0 Å². The molecule has 1 aliphatic rings. The summed E-state index contributed by atoms with van der Waals surface area (Å²) >= 11 is 0. The summed E-state index contributed by atoms with van der Waals surface area (Å²) in [5.74, 6) is 1.30. The molecule has 1 aromatic heterocycles. The Balaban J connectivity index is 1.48. The molecular weight excluding hydrogens is 344 g/mol. The maximum atomic E-state index is 12.4. The lowest BCUT2D eigenvalue weighted by atomic mass is 10.1. The van der Waals surface area contributed by atoms with E-state index in [0.29, 0.717) is 24.6 Å². The van der Waals surface area contributed by atoms with Crippen molar-refractivity contribution in [2.24, 2.45) is 7.05 Å². The van der Waals surface area contributed by atoms with Gasteiger partial charge in [-0.05, 0) is 37.6 Å². The fraction of sp³-hybridized carbons (Fsp3) is 0.429. The molecule has 0 radical (unpaired) electrons. The molecule has 6 nitrogen and oxygen atoms in total. The van der Waals surface area contributed by atoms with Crippen LogP contribution in [0.3, 0.4) is 0 Å². The second-order valence-electron chi connectivity index (χ2n) is 7.03. The van der Waals surface area contributed by atoms with E-state index in [4.69, 9.17) is 9.47 Å². The van der Waals surface area contributed by atoms with Gasteiger partial charge in [-0.1, -0.05) is 12.1 Å². The Morgan fingerprint density at radius 3 is 2.52 bits per heavy atom. The standard InChI is InChI=1S/C21H26N2O4/c1-15-5-4-6-18(11-15)26-14-21(25)23-9-7-17(8-10-23)27-19-12-16(2)22(3)20(24)13-19/h4-6,11-13,17H,7-10,14H2,1-3H3. The van der Waals surface area contributed by atoms with E-state index in [2.05, 4.69) is 0 Å². The quantitative estimate of drug-likeness (QED) is 0.811. The number of nitrogens with zero attached hydrogens (tertiary/aromatic N) is 2. The number of benzene rings is 1. The highest BCUT2D eigenvalue weighted by atomic mass is 16.5. The van der Waals surface area contributed by atoms with E-state index in [1.807, 2.05) is 49.1 Å².